The number of likely N-dealkylation sites (N-methyl/N-ethyl adjacent to an activating group) is 1. The molecule has 0 radical (unpaired) electrons. The topological polar surface area (TPSA) is 57.6 Å². The van der Waals surface area contributed by atoms with Crippen LogP contribution in [0.25, 0.3) is 0 Å². The van der Waals surface area contributed by atoms with Crippen LogP contribution in [0.5, 0.6) is 0 Å². The number of carbonyl (C=O) groups excluding carboxylic acids is 1. The number of hydrogen-bond acceptors (Lipinski definition) is 2. The number of carboxylic acids is 1. The van der Waals surface area contributed by atoms with E-state index in [9.17, 15) is 9.59 Å². The highest BCUT2D eigenvalue weighted by atomic mass is 16.4. The van der Waals surface area contributed by atoms with Crippen molar-refractivity contribution in [3.05, 3.63) is 35.9 Å². The molecule has 98 valence electrons. The molecule has 0 spiro atoms. The Balaban J connectivity index is 2.57. The van der Waals surface area contributed by atoms with Crippen molar-refractivity contribution in [3.63, 3.8) is 0 Å². The Kier molecular flexibility index (Phi) is 5.36. The maximum atomic E-state index is 11.9. The van der Waals surface area contributed by atoms with Gasteiger partial charge in [0.05, 0.1) is 0 Å². The molecule has 1 N–H and O–H groups in total. The number of rotatable bonds is 6. The van der Waals surface area contributed by atoms with Gasteiger partial charge in [0.1, 0.15) is 5.92 Å². The summed E-state index contributed by atoms with van der Waals surface area (Å²) in [4.78, 5) is 24.3. The van der Waals surface area contributed by atoms with Crippen molar-refractivity contribution < 1.29 is 14.7 Å². The number of benzene rings is 1. The van der Waals surface area contributed by atoms with Gasteiger partial charge in [0.15, 0.2) is 0 Å². The molecule has 0 saturated carbocycles. The van der Waals surface area contributed by atoms with Crippen LogP contribution >= 0.6 is 0 Å². The first-order chi connectivity index (χ1) is 8.56. The van der Waals surface area contributed by atoms with E-state index >= 15 is 0 Å². The molecule has 0 saturated heterocycles. The summed E-state index contributed by atoms with van der Waals surface area (Å²) in [5.41, 5.74) is 1.15. The fourth-order valence-electron chi connectivity index (χ4n) is 1.71. The normalized spacial score (nSPS) is 11.9. The van der Waals surface area contributed by atoms with Gasteiger partial charge >= 0.3 is 5.97 Å². The van der Waals surface area contributed by atoms with E-state index in [1.165, 1.54) is 6.92 Å². The van der Waals surface area contributed by atoms with E-state index in [0.29, 0.717) is 13.1 Å². The van der Waals surface area contributed by atoms with Crippen LogP contribution in [0.15, 0.2) is 30.3 Å². The van der Waals surface area contributed by atoms with Crippen LogP contribution in [0.1, 0.15) is 19.4 Å². The molecule has 4 nitrogen and oxygen atoms in total. The van der Waals surface area contributed by atoms with Gasteiger partial charge in [0, 0.05) is 13.1 Å². The summed E-state index contributed by atoms with van der Waals surface area (Å²) in [6.07, 6.45) is 0.743. The molecule has 0 fully saturated rings. The third-order valence-corrected chi connectivity index (χ3v) is 2.95. The van der Waals surface area contributed by atoms with E-state index in [-0.39, 0.29) is 5.91 Å². The molecular formula is C14H19NO3. The molecule has 1 amide bonds. The standard InChI is InChI=1S/C14H19NO3/c1-3-15(13(16)11(2)14(17)18)10-9-12-7-5-4-6-8-12/h4-8,11H,3,9-10H2,1-2H3,(H,17,18). The lowest BCUT2D eigenvalue weighted by atomic mass is 10.1. The Morgan fingerprint density at radius 3 is 2.39 bits per heavy atom. The average molecular weight is 249 g/mol. The second kappa shape index (κ2) is 6.79. The highest BCUT2D eigenvalue weighted by Crippen LogP contribution is 2.06. The van der Waals surface area contributed by atoms with Gasteiger partial charge in [-0.15, -0.1) is 0 Å². The third kappa shape index (κ3) is 3.87. The average Bonchev–Trinajstić information content (AvgIpc) is 2.39. The first-order valence-electron chi connectivity index (χ1n) is 6.11. The van der Waals surface area contributed by atoms with E-state index in [4.69, 9.17) is 5.11 Å². The summed E-state index contributed by atoms with van der Waals surface area (Å²) in [5, 5.41) is 8.83. The van der Waals surface area contributed by atoms with Gasteiger partial charge in [0.2, 0.25) is 5.91 Å². The lowest BCUT2D eigenvalue weighted by molar-refractivity contribution is -0.150. The van der Waals surface area contributed by atoms with Crippen molar-refractivity contribution in [1.82, 2.24) is 4.90 Å². The fraction of sp³-hybridized carbons (Fsp3) is 0.429. The molecule has 4 heteroatoms. The minimum Gasteiger partial charge on any atom is -0.481 e. The van der Waals surface area contributed by atoms with Gasteiger partial charge in [-0.2, -0.15) is 0 Å². The maximum absolute atomic E-state index is 11.9. The maximum Gasteiger partial charge on any atom is 0.315 e. The zero-order valence-corrected chi connectivity index (χ0v) is 10.8. The second-order valence-electron chi connectivity index (χ2n) is 4.21. The van der Waals surface area contributed by atoms with Crippen LogP contribution in [0, 0.1) is 5.92 Å². The predicted octanol–water partition coefficient (Wildman–Crippen LogP) is 1.80. The molecule has 0 aliphatic heterocycles. The summed E-state index contributed by atoms with van der Waals surface area (Å²) in [6, 6.07) is 9.84. The van der Waals surface area contributed by atoms with Crippen LogP contribution in [0.2, 0.25) is 0 Å². The van der Waals surface area contributed by atoms with E-state index in [1.54, 1.807) is 4.90 Å². The molecule has 18 heavy (non-hydrogen) atoms. The van der Waals surface area contributed by atoms with Gasteiger partial charge < -0.3 is 10.0 Å². The molecular weight excluding hydrogens is 230 g/mol. The minimum absolute atomic E-state index is 0.319. The number of hydrogen-bond donors (Lipinski definition) is 1. The molecule has 0 bridgehead atoms. The van der Waals surface area contributed by atoms with Gasteiger partial charge in [-0.1, -0.05) is 30.3 Å². The Labute approximate surface area is 107 Å². The first kappa shape index (κ1) is 14.2. The Morgan fingerprint density at radius 1 is 1.28 bits per heavy atom. The molecule has 0 aliphatic rings. The van der Waals surface area contributed by atoms with Crippen molar-refractivity contribution in [3.8, 4) is 0 Å². The zero-order valence-electron chi connectivity index (χ0n) is 10.8. The van der Waals surface area contributed by atoms with Crippen molar-refractivity contribution in [2.75, 3.05) is 13.1 Å². The molecule has 1 rings (SSSR count). The monoisotopic (exact) mass is 249 g/mol. The molecule has 1 aromatic carbocycles. The summed E-state index contributed by atoms with van der Waals surface area (Å²) in [7, 11) is 0. The fourth-order valence-corrected chi connectivity index (χ4v) is 1.71. The van der Waals surface area contributed by atoms with E-state index < -0.39 is 11.9 Å². The predicted molar refractivity (Wildman–Crippen MR) is 69.2 cm³/mol. The molecule has 0 heterocycles. The molecule has 1 unspecified atom stereocenters. The molecule has 1 aromatic rings. The van der Waals surface area contributed by atoms with Gasteiger partial charge in [-0.3, -0.25) is 9.59 Å². The van der Waals surface area contributed by atoms with E-state index in [1.807, 2.05) is 37.3 Å². The van der Waals surface area contributed by atoms with Crippen molar-refractivity contribution in [2.24, 2.45) is 5.92 Å². The number of aliphatic carboxylic acids is 1. The largest absolute Gasteiger partial charge is 0.481 e. The summed E-state index contributed by atoms with van der Waals surface area (Å²) in [5.74, 6) is -2.36. The summed E-state index contributed by atoms with van der Waals surface area (Å²) >= 11 is 0. The van der Waals surface area contributed by atoms with Crippen molar-refractivity contribution >= 4 is 11.9 Å². The third-order valence-electron chi connectivity index (χ3n) is 2.95. The molecule has 0 aliphatic carbocycles. The van der Waals surface area contributed by atoms with Gasteiger partial charge in [0.25, 0.3) is 0 Å². The number of carbonyl (C=O) groups is 2. The second-order valence-corrected chi connectivity index (χ2v) is 4.21. The van der Waals surface area contributed by atoms with E-state index in [0.717, 1.165) is 12.0 Å². The molecule has 0 aromatic heterocycles. The minimum atomic E-state index is -1.07. The highest BCUT2D eigenvalue weighted by Gasteiger charge is 2.24. The SMILES string of the molecule is CCN(CCc1ccccc1)C(=O)C(C)C(=O)O. The number of carboxylic acid groups (broad SMARTS) is 1. The van der Waals surface area contributed by atoms with Crippen LogP contribution in [-0.2, 0) is 16.0 Å². The lowest BCUT2D eigenvalue weighted by Crippen LogP contribution is -2.39. The Bertz CT molecular complexity index is 403. The lowest BCUT2D eigenvalue weighted by Gasteiger charge is -2.22. The molecule has 1 atom stereocenters. The van der Waals surface area contributed by atoms with Gasteiger partial charge in [-0.25, -0.2) is 0 Å². The van der Waals surface area contributed by atoms with Crippen LogP contribution in [0.3, 0.4) is 0 Å². The van der Waals surface area contributed by atoms with Crippen molar-refractivity contribution in [1.29, 1.82) is 0 Å². The van der Waals surface area contributed by atoms with Crippen LogP contribution in [-0.4, -0.2) is 35.0 Å². The zero-order chi connectivity index (χ0) is 13.5. The highest BCUT2D eigenvalue weighted by molar-refractivity contribution is 5.96. The number of nitrogens with zero attached hydrogens (tertiary/aromatic N) is 1. The van der Waals surface area contributed by atoms with Crippen LogP contribution in [0.4, 0.5) is 0 Å². The summed E-state index contributed by atoms with van der Waals surface area (Å²) in [6.45, 7) is 4.37. The number of amides is 1. The summed E-state index contributed by atoms with van der Waals surface area (Å²) < 4.78 is 0. The quantitative estimate of drug-likeness (QED) is 0.782. The Morgan fingerprint density at radius 2 is 1.89 bits per heavy atom. The smallest absolute Gasteiger partial charge is 0.315 e. The van der Waals surface area contributed by atoms with Crippen molar-refractivity contribution in [2.45, 2.75) is 20.3 Å². The van der Waals surface area contributed by atoms with Crippen LogP contribution < -0.4 is 0 Å². The van der Waals surface area contributed by atoms with E-state index in [2.05, 4.69) is 0 Å². The van der Waals surface area contributed by atoms with Gasteiger partial charge in [-0.05, 0) is 25.8 Å². The Hall–Kier alpha value is -1.84. The first-order valence-corrected chi connectivity index (χ1v) is 6.11.